The summed E-state index contributed by atoms with van der Waals surface area (Å²) in [6.07, 6.45) is 4.34. The van der Waals surface area contributed by atoms with Crippen LogP contribution in [0.25, 0.3) is 5.65 Å². The Hall–Kier alpha value is -2.91. The van der Waals surface area contributed by atoms with E-state index in [1.807, 2.05) is 10.5 Å². The molecule has 1 N–H and O–H groups in total. The van der Waals surface area contributed by atoms with Gasteiger partial charge in [-0.2, -0.15) is 5.26 Å². The standard InChI is InChI=1S/C18H15FN4O/c19-13-2-3-17-15(7-13)16(5-6-24-17)21-9-14-10-22-18-4-1-12(8-20)11-23(14)18/h1-4,7,10-11,16,21H,5-6,9H2. The molecule has 3 heterocycles. The largest absolute Gasteiger partial charge is 0.493 e. The molecule has 0 fully saturated rings. The van der Waals surface area contributed by atoms with E-state index in [1.165, 1.54) is 12.1 Å². The van der Waals surface area contributed by atoms with Crippen LogP contribution in [0.5, 0.6) is 5.75 Å². The number of nitriles is 1. The molecule has 3 aromatic rings. The molecule has 0 spiro atoms. The van der Waals surface area contributed by atoms with E-state index in [0.717, 1.165) is 29.1 Å². The van der Waals surface area contributed by atoms with Crippen LogP contribution < -0.4 is 10.1 Å². The van der Waals surface area contributed by atoms with Crippen molar-refractivity contribution in [2.45, 2.75) is 19.0 Å². The van der Waals surface area contributed by atoms with Crippen molar-refractivity contribution in [1.82, 2.24) is 14.7 Å². The van der Waals surface area contributed by atoms with Gasteiger partial charge >= 0.3 is 0 Å². The smallest absolute Gasteiger partial charge is 0.137 e. The molecule has 5 nitrogen and oxygen atoms in total. The number of hydrogen-bond donors (Lipinski definition) is 1. The second-order valence-corrected chi connectivity index (χ2v) is 5.76. The van der Waals surface area contributed by atoms with E-state index < -0.39 is 0 Å². The first-order chi connectivity index (χ1) is 11.7. The quantitative estimate of drug-likeness (QED) is 0.805. The molecule has 1 aliphatic heterocycles. The highest BCUT2D eigenvalue weighted by Crippen LogP contribution is 2.32. The van der Waals surface area contributed by atoms with Crippen molar-refractivity contribution < 1.29 is 9.13 Å². The third kappa shape index (κ3) is 2.59. The summed E-state index contributed by atoms with van der Waals surface area (Å²) in [7, 11) is 0. The monoisotopic (exact) mass is 322 g/mol. The van der Waals surface area contributed by atoms with Gasteiger partial charge in [-0.3, -0.25) is 0 Å². The number of benzene rings is 1. The van der Waals surface area contributed by atoms with E-state index in [2.05, 4.69) is 16.4 Å². The Morgan fingerprint density at radius 2 is 2.29 bits per heavy atom. The molecule has 1 unspecified atom stereocenters. The van der Waals surface area contributed by atoms with Crippen LogP contribution in [0.15, 0.2) is 42.7 Å². The van der Waals surface area contributed by atoms with E-state index in [0.29, 0.717) is 18.7 Å². The molecule has 1 atom stereocenters. The topological polar surface area (TPSA) is 62.3 Å². The summed E-state index contributed by atoms with van der Waals surface area (Å²) in [5, 5.41) is 12.5. The van der Waals surface area contributed by atoms with Gasteiger partial charge in [0, 0.05) is 30.8 Å². The number of pyridine rings is 1. The summed E-state index contributed by atoms with van der Waals surface area (Å²) >= 11 is 0. The maximum Gasteiger partial charge on any atom is 0.137 e. The van der Waals surface area contributed by atoms with Gasteiger partial charge in [0.2, 0.25) is 0 Å². The molecule has 4 rings (SSSR count). The second-order valence-electron chi connectivity index (χ2n) is 5.76. The average molecular weight is 322 g/mol. The van der Waals surface area contributed by atoms with Gasteiger partial charge in [0.25, 0.3) is 0 Å². The maximum atomic E-state index is 13.5. The minimum absolute atomic E-state index is 0.0224. The second kappa shape index (κ2) is 5.95. The Kier molecular flexibility index (Phi) is 3.63. The van der Waals surface area contributed by atoms with E-state index in [4.69, 9.17) is 10.00 Å². The molecule has 0 aliphatic carbocycles. The first-order valence-corrected chi connectivity index (χ1v) is 7.76. The summed E-state index contributed by atoms with van der Waals surface area (Å²) in [5.74, 6) is 0.463. The molecule has 1 aliphatic rings. The Bertz CT molecular complexity index is 944. The van der Waals surface area contributed by atoms with Crippen molar-refractivity contribution in [3.63, 3.8) is 0 Å². The average Bonchev–Trinajstić information content (AvgIpc) is 3.02. The molecule has 0 amide bonds. The first kappa shape index (κ1) is 14.7. The van der Waals surface area contributed by atoms with Gasteiger partial charge in [0.05, 0.1) is 24.1 Å². The number of aromatic nitrogens is 2. The van der Waals surface area contributed by atoms with Crippen molar-refractivity contribution in [3.05, 3.63) is 65.4 Å². The lowest BCUT2D eigenvalue weighted by Gasteiger charge is -2.26. The van der Waals surface area contributed by atoms with E-state index >= 15 is 0 Å². The van der Waals surface area contributed by atoms with Gasteiger partial charge in [-0.1, -0.05) is 0 Å². The summed E-state index contributed by atoms with van der Waals surface area (Å²) in [6, 6.07) is 10.3. The molecule has 0 bridgehead atoms. The highest BCUT2D eigenvalue weighted by atomic mass is 19.1. The molecule has 24 heavy (non-hydrogen) atoms. The number of nitrogens with one attached hydrogen (secondary N) is 1. The number of fused-ring (bicyclic) bond motifs is 2. The van der Waals surface area contributed by atoms with E-state index in [1.54, 1.807) is 24.5 Å². The number of halogens is 1. The zero-order valence-corrected chi connectivity index (χ0v) is 12.9. The number of imidazole rings is 1. The van der Waals surface area contributed by atoms with Gasteiger partial charge < -0.3 is 14.5 Å². The van der Waals surface area contributed by atoms with Crippen LogP contribution in [0.1, 0.15) is 29.3 Å². The Morgan fingerprint density at radius 3 is 3.17 bits per heavy atom. The summed E-state index contributed by atoms with van der Waals surface area (Å²) in [4.78, 5) is 4.35. The Morgan fingerprint density at radius 1 is 1.38 bits per heavy atom. The van der Waals surface area contributed by atoms with Crippen LogP contribution in [0.3, 0.4) is 0 Å². The van der Waals surface area contributed by atoms with Gasteiger partial charge in [-0.25, -0.2) is 9.37 Å². The molecule has 1 aromatic carbocycles. The first-order valence-electron chi connectivity index (χ1n) is 7.76. The van der Waals surface area contributed by atoms with Crippen LogP contribution in [0.4, 0.5) is 4.39 Å². The number of hydrogen-bond acceptors (Lipinski definition) is 4. The Balaban J connectivity index is 1.58. The third-order valence-electron chi connectivity index (χ3n) is 4.25. The molecule has 6 heteroatoms. The van der Waals surface area contributed by atoms with Crippen LogP contribution in [0, 0.1) is 17.1 Å². The fourth-order valence-electron chi connectivity index (χ4n) is 3.03. The molecule has 0 radical (unpaired) electrons. The minimum Gasteiger partial charge on any atom is -0.493 e. The van der Waals surface area contributed by atoms with E-state index in [-0.39, 0.29) is 11.9 Å². The van der Waals surface area contributed by atoms with Crippen molar-refractivity contribution in [1.29, 1.82) is 5.26 Å². The SMILES string of the molecule is N#Cc1ccc2ncc(CNC3CCOc4ccc(F)cc43)n2c1. The lowest BCUT2D eigenvalue weighted by atomic mass is 10.0. The fraction of sp³-hybridized carbons (Fsp3) is 0.222. The van der Waals surface area contributed by atoms with Gasteiger partial charge in [0.15, 0.2) is 0 Å². The predicted octanol–water partition coefficient (Wildman–Crippen LogP) is 2.96. The zero-order chi connectivity index (χ0) is 16.5. The highest BCUT2D eigenvalue weighted by molar-refractivity contribution is 5.44. The summed E-state index contributed by atoms with van der Waals surface area (Å²) < 4.78 is 21.0. The van der Waals surface area contributed by atoms with Crippen LogP contribution >= 0.6 is 0 Å². The molecule has 2 aromatic heterocycles. The number of ether oxygens (including phenoxy) is 1. The fourth-order valence-corrected chi connectivity index (χ4v) is 3.03. The number of rotatable bonds is 3. The van der Waals surface area contributed by atoms with Crippen molar-refractivity contribution >= 4 is 5.65 Å². The third-order valence-corrected chi connectivity index (χ3v) is 4.25. The lowest BCUT2D eigenvalue weighted by Crippen LogP contribution is -2.27. The highest BCUT2D eigenvalue weighted by Gasteiger charge is 2.22. The summed E-state index contributed by atoms with van der Waals surface area (Å²) in [6.45, 7) is 1.17. The minimum atomic E-state index is -0.264. The van der Waals surface area contributed by atoms with Gasteiger partial charge in [-0.15, -0.1) is 0 Å². The zero-order valence-electron chi connectivity index (χ0n) is 12.9. The lowest BCUT2D eigenvalue weighted by molar-refractivity contribution is 0.251. The molecule has 0 saturated carbocycles. The van der Waals surface area contributed by atoms with Crippen molar-refractivity contribution in [3.8, 4) is 11.8 Å². The molecule has 120 valence electrons. The van der Waals surface area contributed by atoms with Crippen molar-refractivity contribution in [2.24, 2.45) is 0 Å². The molecular weight excluding hydrogens is 307 g/mol. The van der Waals surface area contributed by atoms with Crippen LogP contribution in [-0.2, 0) is 6.54 Å². The van der Waals surface area contributed by atoms with Gasteiger partial charge in [0.1, 0.15) is 23.3 Å². The number of nitrogens with zero attached hydrogens (tertiary/aromatic N) is 3. The Labute approximate surface area is 138 Å². The van der Waals surface area contributed by atoms with Crippen molar-refractivity contribution in [2.75, 3.05) is 6.61 Å². The predicted molar refractivity (Wildman–Crippen MR) is 86.0 cm³/mol. The van der Waals surface area contributed by atoms with Crippen LogP contribution in [-0.4, -0.2) is 16.0 Å². The van der Waals surface area contributed by atoms with Crippen LogP contribution in [0.2, 0.25) is 0 Å². The molecule has 0 saturated heterocycles. The maximum absolute atomic E-state index is 13.5. The molecular formula is C18H15FN4O. The van der Waals surface area contributed by atoms with Gasteiger partial charge in [-0.05, 0) is 30.3 Å². The summed E-state index contributed by atoms with van der Waals surface area (Å²) in [5.41, 5.74) is 3.17. The van der Waals surface area contributed by atoms with E-state index in [9.17, 15) is 4.39 Å². The normalized spacial score (nSPS) is 16.4.